The molecule has 0 aliphatic rings. The fourth-order valence-electron chi connectivity index (χ4n) is 1.51. The molecule has 3 nitrogen and oxygen atoms in total. The highest BCUT2D eigenvalue weighted by Crippen LogP contribution is 2.08. The number of rotatable bonds is 9. The summed E-state index contributed by atoms with van der Waals surface area (Å²) in [6, 6.07) is 0. The van der Waals surface area contributed by atoms with Crippen LogP contribution in [0.5, 0.6) is 0 Å². The molecular weight excluding hydrogens is 214 g/mol. The minimum Gasteiger partial charge on any atom is -0.395 e. The van der Waals surface area contributed by atoms with Crippen molar-refractivity contribution in [3.8, 4) is 11.8 Å². The molecule has 0 aromatic heterocycles. The summed E-state index contributed by atoms with van der Waals surface area (Å²) >= 11 is 0. The van der Waals surface area contributed by atoms with E-state index in [0.717, 1.165) is 25.7 Å². The Kier molecular flexibility index (Phi) is 10.8. The second-order valence-corrected chi connectivity index (χ2v) is 4.49. The van der Waals surface area contributed by atoms with E-state index in [1.54, 1.807) is 0 Å². The van der Waals surface area contributed by atoms with Crippen LogP contribution in [0.1, 0.15) is 58.3 Å². The highest BCUT2D eigenvalue weighted by Gasteiger charge is 1.95. The van der Waals surface area contributed by atoms with Crippen LogP contribution in [0.2, 0.25) is 0 Å². The number of aliphatic hydroxyl groups is 1. The summed E-state index contributed by atoms with van der Waals surface area (Å²) < 4.78 is 0. The zero-order chi connectivity index (χ0) is 12.9. The van der Waals surface area contributed by atoms with Gasteiger partial charge in [-0.25, -0.2) is 0 Å². The van der Waals surface area contributed by atoms with Gasteiger partial charge in [0.05, 0.1) is 6.61 Å². The SMILES string of the molecule is CC(C#CCCCCCCCCC(N)=O)CO. The molecule has 0 aromatic rings. The number of primary amides is 1. The number of nitrogens with two attached hydrogens (primary N) is 1. The van der Waals surface area contributed by atoms with Gasteiger partial charge in [-0.05, 0) is 19.8 Å². The van der Waals surface area contributed by atoms with Crippen molar-refractivity contribution in [1.29, 1.82) is 0 Å². The van der Waals surface area contributed by atoms with Gasteiger partial charge in [0, 0.05) is 18.8 Å². The Labute approximate surface area is 105 Å². The predicted molar refractivity (Wildman–Crippen MR) is 70.2 cm³/mol. The first-order valence-corrected chi connectivity index (χ1v) is 6.54. The topological polar surface area (TPSA) is 63.3 Å². The van der Waals surface area contributed by atoms with Crippen LogP contribution in [0.25, 0.3) is 0 Å². The molecule has 0 saturated heterocycles. The maximum atomic E-state index is 10.5. The zero-order valence-electron chi connectivity index (χ0n) is 10.9. The lowest BCUT2D eigenvalue weighted by atomic mass is 10.1. The smallest absolute Gasteiger partial charge is 0.217 e. The quantitative estimate of drug-likeness (QED) is 0.478. The molecular formula is C14H25NO2. The van der Waals surface area contributed by atoms with Crippen LogP contribution in [0.3, 0.4) is 0 Å². The van der Waals surface area contributed by atoms with Crippen molar-refractivity contribution < 1.29 is 9.90 Å². The standard InChI is InChI=1S/C14H25NO2/c1-13(12-16)10-8-6-4-2-3-5-7-9-11-14(15)17/h13,16H,2-7,9,11-12H2,1H3,(H2,15,17). The van der Waals surface area contributed by atoms with Crippen LogP contribution in [-0.4, -0.2) is 17.6 Å². The van der Waals surface area contributed by atoms with E-state index in [1.807, 2.05) is 6.92 Å². The van der Waals surface area contributed by atoms with Gasteiger partial charge in [-0.2, -0.15) is 0 Å². The monoisotopic (exact) mass is 239 g/mol. The number of unbranched alkanes of at least 4 members (excludes halogenated alkanes) is 6. The maximum absolute atomic E-state index is 10.5. The van der Waals surface area contributed by atoms with E-state index in [2.05, 4.69) is 11.8 Å². The first-order chi connectivity index (χ1) is 8.16. The highest BCUT2D eigenvalue weighted by atomic mass is 16.3. The second kappa shape index (κ2) is 11.5. The molecule has 1 unspecified atom stereocenters. The molecule has 1 amide bonds. The lowest BCUT2D eigenvalue weighted by molar-refractivity contribution is -0.118. The Morgan fingerprint density at radius 3 is 2.35 bits per heavy atom. The van der Waals surface area contributed by atoms with E-state index < -0.39 is 0 Å². The number of hydrogen-bond acceptors (Lipinski definition) is 2. The Balaban J connectivity index is 3.18. The van der Waals surface area contributed by atoms with Crippen molar-refractivity contribution in [2.45, 2.75) is 58.3 Å². The minimum absolute atomic E-state index is 0.101. The Morgan fingerprint density at radius 1 is 1.18 bits per heavy atom. The Hall–Kier alpha value is -1.01. The third-order valence-electron chi connectivity index (χ3n) is 2.60. The van der Waals surface area contributed by atoms with E-state index in [-0.39, 0.29) is 18.4 Å². The molecule has 98 valence electrons. The van der Waals surface area contributed by atoms with E-state index >= 15 is 0 Å². The number of aliphatic hydroxyl groups excluding tert-OH is 1. The van der Waals surface area contributed by atoms with E-state index in [9.17, 15) is 4.79 Å². The van der Waals surface area contributed by atoms with Crippen molar-refractivity contribution in [2.24, 2.45) is 11.7 Å². The number of carbonyl (C=O) groups excluding carboxylic acids is 1. The van der Waals surface area contributed by atoms with Crippen molar-refractivity contribution in [3.63, 3.8) is 0 Å². The Morgan fingerprint density at radius 2 is 1.76 bits per heavy atom. The molecule has 3 N–H and O–H groups in total. The molecule has 0 fully saturated rings. The van der Waals surface area contributed by atoms with Gasteiger partial charge in [-0.3, -0.25) is 4.79 Å². The average molecular weight is 239 g/mol. The summed E-state index contributed by atoms with van der Waals surface area (Å²) in [6.45, 7) is 2.07. The van der Waals surface area contributed by atoms with Crippen LogP contribution < -0.4 is 5.73 Å². The van der Waals surface area contributed by atoms with Crippen LogP contribution in [-0.2, 0) is 4.79 Å². The number of hydrogen-bond donors (Lipinski definition) is 2. The first-order valence-electron chi connectivity index (χ1n) is 6.54. The molecule has 17 heavy (non-hydrogen) atoms. The largest absolute Gasteiger partial charge is 0.395 e. The van der Waals surface area contributed by atoms with Gasteiger partial charge in [0.1, 0.15) is 0 Å². The van der Waals surface area contributed by atoms with Crippen LogP contribution >= 0.6 is 0 Å². The van der Waals surface area contributed by atoms with Gasteiger partial charge >= 0.3 is 0 Å². The van der Waals surface area contributed by atoms with Gasteiger partial charge < -0.3 is 10.8 Å². The van der Waals surface area contributed by atoms with E-state index in [0.29, 0.717) is 6.42 Å². The van der Waals surface area contributed by atoms with Gasteiger partial charge in [0.2, 0.25) is 5.91 Å². The molecule has 0 saturated carbocycles. The molecule has 3 heteroatoms. The van der Waals surface area contributed by atoms with Gasteiger partial charge in [-0.1, -0.05) is 31.6 Å². The number of amides is 1. The van der Waals surface area contributed by atoms with Crippen LogP contribution in [0.4, 0.5) is 0 Å². The molecule has 0 aliphatic heterocycles. The first kappa shape index (κ1) is 16.0. The minimum atomic E-state index is -0.196. The third kappa shape index (κ3) is 12.9. The molecule has 0 heterocycles. The second-order valence-electron chi connectivity index (χ2n) is 4.49. The summed E-state index contributed by atoms with van der Waals surface area (Å²) in [5, 5.41) is 8.76. The molecule has 0 radical (unpaired) electrons. The van der Waals surface area contributed by atoms with Gasteiger partial charge in [0.15, 0.2) is 0 Å². The van der Waals surface area contributed by atoms with E-state index in [1.165, 1.54) is 19.3 Å². The van der Waals surface area contributed by atoms with E-state index in [4.69, 9.17) is 10.8 Å². The fraction of sp³-hybridized carbons (Fsp3) is 0.786. The summed E-state index contributed by atoms with van der Waals surface area (Å²) in [5.41, 5.74) is 5.05. The lowest BCUT2D eigenvalue weighted by Crippen LogP contribution is -2.09. The number of carbonyl (C=O) groups is 1. The fourth-order valence-corrected chi connectivity index (χ4v) is 1.51. The van der Waals surface area contributed by atoms with Gasteiger partial charge in [0.25, 0.3) is 0 Å². The summed E-state index contributed by atoms with van der Waals surface area (Å²) in [4.78, 5) is 10.5. The normalized spacial score (nSPS) is 11.6. The summed E-state index contributed by atoms with van der Waals surface area (Å²) in [6.07, 6.45) is 8.15. The lowest BCUT2D eigenvalue weighted by Gasteiger charge is -1.99. The van der Waals surface area contributed by atoms with Crippen LogP contribution in [0.15, 0.2) is 0 Å². The maximum Gasteiger partial charge on any atom is 0.217 e. The molecule has 0 bridgehead atoms. The summed E-state index contributed by atoms with van der Waals surface area (Å²) in [5.74, 6) is 5.99. The summed E-state index contributed by atoms with van der Waals surface area (Å²) in [7, 11) is 0. The average Bonchev–Trinajstić information content (AvgIpc) is 2.30. The predicted octanol–water partition coefficient (Wildman–Crippen LogP) is 2.22. The molecule has 1 atom stereocenters. The van der Waals surface area contributed by atoms with Crippen molar-refractivity contribution in [2.75, 3.05) is 6.61 Å². The molecule has 0 rings (SSSR count). The molecule has 0 aromatic carbocycles. The third-order valence-corrected chi connectivity index (χ3v) is 2.60. The Bertz CT molecular complexity index is 253. The van der Waals surface area contributed by atoms with Gasteiger partial charge in [-0.15, -0.1) is 5.92 Å². The zero-order valence-corrected chi connectivity index (χ0v) is 10.9. The molecule has 0 spiro atoms. The van der Waals surface area contributed by atoms with Crippen molar-refractivity contribution in [1.82, 2.24) is 0 Å². The van der Waals surface area contributed by atoms with Crippen LogP contribution in [0, 0.1) is 17.8 Å². The van der Waals surface area contributed by atoms with Crippen molar-refractivity contribution >= 4 is 5.91 Å². The molecule has 0 aliphatic carbocycles. The van der Waals surface area contributed by atoms with Crippen molar-refractivity contribution in [3.05, 3.63) is 0 Å². The highest BCUT2D eigenvalue weighted by molar-refractivity contribution is 5.73.